The van der Waals surface area contributed by atoms with Gasteiger partial charge in [0.05, 0.1) is 12.7 Å². The number of aromatic nitrogens is 3. The van der Waals surface area contributed by atoms with Gasteiger partial charge >= 0.3 is 0 Å². The van der Waals surface area contributed by atoms with Crippen LogP contribution in [0.4, 0.5) is 5.82 Å². The summed E-state index contributed by atoms with van der Waals surface area (Å²) in [7, 11) is 0. The van der Waals surface area contributed by atoms with E-state index in [2.05, 4.69) is 25.2 Å². The zero-order chi connectivity index (χ0) is 14.1. The van der Waals surface area contributed by atoms with Crippen molar-refractivity contribution in [2.45, 2.75) is 25.0 Å². The van der Waals surface area contributed by atoms with E-state index >= 15 is 0 Å². The summed E-state index contributed by atoms with van der Waals surface area (Å²) in [6, 6.07) is 4.69. The lowest BCUT2D eigenvalue weighted by molar-refractivity contribution is -0.0241. The number of hydrogen-bond acceptors (Lipinski definition) is 6. The molecule has 2 aromatic rings. The molecule has 1 atom stereocenters. The maximum absolute atomic E-state index is 5.84. The smallest absolute Gasteiger partial charge is 0.180 e. The number of hydrogen-bond donors (Lipinski definition) is 1. The fourth-order valence-electron chi connectivity index (χ4n) is 2.81. The Morgan fingerprint density at radius 1 is 1.24 bits per heavy atom. The number of nitrogens with one attached hydrogen (secondary N) is 1. The summed E-state index contributed by atoms with van der Waals surface area (Å²) in [4.78, 5) is 15.5. The molecule has 6 heteroatoms. The summed E-state index contributed by atoms with van der Waals surface area (Å²) >= 11 is 0. The molecule has 0 bridgehead atoms. The molecule has 0 amide bonds. The van der Waals surface area contributed by atoms with E-state index in [0.29, 0.717) is 5.65 Å². The average Bonchev–Trinajstić information content (AvgIpc) is 3.38. The molecule has 0 spiro atoms. The number of nitrogens with zero attached hydrogens (tertiary/aromatic N) is 4. The van der Waals surface area contributed by atoms with Gasteiger partial charge in [0.25, 0.3) is 0 Å². The minimum atomic E-state index is 0.235. The van der Waals surface area contributed by atoms with E-state index in [1.165, 1.54) is 12.8 Å². The van der Waals surface area contributed by atoms with E-state index in [1.54, 1.807) is 12.4 Å². The van der Waals surface area contributed by atoms with E-state index in [4.69, 9.17) is 4.74 Å². The Morgan fingerprint density at radius 2 is 2.14 bits per heavy atom. The minimum absolute atomic E-state index is 0.235. The number of anilines is 1. The first-order valence-corrected chi connectivity index (χ1v) is 7.56. The topological polar surface area (TPSA) is 63.2 Å². The molecule has 1 aliphatic heterocycles. The third kappa shape index (κ3) is 2.96. The van der Waals surface area contributed by atoms with Gasteiger partial charge in [0.15, 0.2) is 5.65 Å². The zero-order valence-corrected chi connectivity index (χ0v) is 11.9. The van der Waals surface area contributed by atoms with Crippen molar-refractivity contribution in [1.29, 1.82) is 0 Å². The molecule has 2 aliphatic rings. The first kappa shape index (κ1) is 12.9. The third-order valence-electron chi connectivity index (χ3n) is 4.08. The van der Waals surface area contributed by atoms with Crippen LogP contribution in [0.3, 0.4) is 0 Å². The first-order valence-electron chi connectivity index (χ1n) is 7.56. The van der Waals surface area contributed by atoms with Crippen LogP contribution in [-0.4, -0.2) is 58.2 Å². The summed E-state index contributed by atoms with van der Waals surface area (Å²) in [6.45, 7) is 3.71. The Kier molecular flexibility index (Phi) is 3.40. The molecule has 1 aliphatic carbocycles. The standard InChI is InChI=1S/C15H19N5O/c1-2-11(1)20-7-8-21-12(10-20)9-18-14-4-3-13-15(19-14)17-6-5-16-13/h3-6,11-12H,1-2,7-10H2,(H,17,18,19). The van der Waals surface area contributed by atoms with Crippen molar-refractivity contribution >= 4 is 17.0 Å². The van der Waals surface area contributed by atoms with Crippen LogP contribution in [0.15, 0.2) is 24.5 Å². The summed E-state index contributed by atoms with van der Waals surface area (Å²) in [5.74, 6) is 0.829. The van der Waals surface area contributed by atoms with Crippen molar-refractivity contribution in [3.05, 3.63) is 24.5 Å². The number of ether oxygens (including phenoxy) is 1. The van der Waals surface area contributed by atoms with Crippen molar-refractivity contribution < 1.29 is 4.74 Å². The molecular weight excluding hydrogens is 266 g/mol. The summed E-state index contributed by atoms with van der Waals surface area (Å²) in [5, 5.41) is 3.36. The molecule has 2 fully saturated rings. The molecular formula is C15H19N5O. The Labute approximate surface area is 123 Å². The second-order valence-corrected chi connectivity index (χ2v) is 5.70. The highest BCUT2D eigenvalue weighted by molar-refractivity contribution is 5.71. The van der Waals surface area contributed by atoms with Crippen LogP contribution in [0.2, 0.25) is 0 Å². The van der Waals surface area contributed by atoms with Crippen LogP contribution in [0.25, 0.3) is 11.2 Å². The molecule has 1 N–H and O–H groups in total. The van der Waals surface area contributed by atoms with Crippen molar-refractivity contribution in [2.75, 3.05) is 31.6 Å². The lowest BCUT2D eigenvalue weighted by Gasteiger charge is -2.33. The van der Waals surface area contributed by atoms with E-state index in [0.717, 1.165) is 43.6 Å². The largest absolute Gasteiger partial charge is 0.374 e. The number of pyridine rings is 1. The van der Waals surface area contributed by atoms with Gasteiger partial charge in [0.1, 0.15) is 11.3 Å². The lowest BCUT2D eigenvalue weighted by atomic mass is 10.2. The van der Waals surface area contributed by atoms with Gasteiger partial charge in [-0.15, -0.1) is 0 Å². The Morgan fingerprint density at radius 3 is 3.05 bits per heavy atom. The van der Waals surface area contributed by atoms with Crippen LogP contribution in [0.5, 0.6) is 0 Å². The van der Waals surface area contributed by atoms with Crippen LogP contribution >= 0.6 is 0 Å². The second-order valence-electron chi connectivity index (χ2n) is 5.70. The van der Waals surface area contributed by atoms with E-state index < -0.39 is 0 Å². The Balaban J connectivity index is 1.38. The molecule has 3 heterocycles. The van der Waals surface area contributed by atoms with Crippen molar-refractivity contribution in [3.8, 4) is 0 Å². The fourth-order valence-corrected chi connectivity index (χ4v) is 2.81. The van der Waals surface area contributed by atoms with E-state index in [-0.39, 0.29) is 6.10 Å². The Bertz CT molecular complexity index is 630. The monoisotopic (exact) mass is 285 g/mol. The predicted molar refractivity (Wildman–Crippen MR) is 80.2 cm³/mol. The highest BCUT2D eigenvalue weighted by Crippen LogP contribution is 2.28. The molecule has 0 radical (unpaired) electrons. The van der Waals surface area contributed by atoms with Gasteiger partial charge in [-0.3, -0.25) is 9.88 Å². The van der Waals surface area contributed by atoms with Crippen molar-refractivity contribution in [1.82, 2.24) is 19.9 Å². The minimum Gasteiger partial charge on any atom is -0.374 e. The normalized spacial score (nSPS) is 23.3. The van der Waals surface area contributed by atoms with E-state index in [9.17, 15) is 0 Å². The van der Waals surface area contributed by atoms with Crippen LogP contribution in [0, 0.1) is 0 Å². The Hall–Kier alpha value is -1.79. The molecule has 110 valence electrons. The molecule has 21 heavy (non-hydrogen) atoms. The van der Waals surface area contributed by atoms with Crippen molar-refractivity contribution in [3.63, 3.8) is 0 Å². The van der Waals surface area contributed by atoms with Crippen LogP contribution < -0.4 is 5.32 Å². The summed E-state index contributed by atoms with van der Waals surface area (Å²) in [5.41, 5.74) is 1.49. The highest BCUT2D eigenvalue weighted by atomic mass is 16.5. The summed E-state index contributed by atoms with van der Waals surface area (Å²) in [6.07, 6.45) is 6.28. The maximum Gasteiger partial charge on any atom is 0.180 e. The van der Waals surface area contributed by atoms with Gasteiger partial charge in [0.2, 0.25) is 0 Å². The number of fused-ring (bicyclic) bond motifs is 1. The third-order valence-corrected chi connectivity index (χ3v) is 4.08. The SMILES string of the molecule is c1cnc2nc(NCC3CN(C4CC4)CCO3)ccc2n1. The summed E-state index contributed by atoms with van der Waals surface area (Å²) < 4.78 is 5.84. The molecule has 2 aromatic heterocycles. The first-order chi connectivity index (χ1) is 10.4. The van der Waals surface area contributed by atoms with Crippen LogP contribution in [-0.2, 0) is 4.74 Å². The fraction of sp³-hybridized carbons (Fsp3) is 0.533. The van der Waals surface area contributed by atoms with Crippen molar-refractivity contribution in [2.24, 2.45) is 0 Å². The molecule has 1 saturated carbocycles. The van der Waals surface area contributed by atoms with Gasteiger partial charge in [-0.2, -0.15) is 0 Å². The van der Waals surface area contributed by atoms with Gasteiger partial charge in [-0.1, -0.05) is 0 Å². The lowest BCUT2D eigenvalue weighted by Crippen LogP contribution is -2.46. The maximum atomic E-state index is 5.84. The molecule has 4 rings (SSSR count). The van der Waals surface area contributed by atoms with E-state index in [1.807, 2.05) is 12.1 Å². The van der Waals surface area contributed by atoms with Crippen LogP contribution in [0.1, 0.15) is 12.8 Å². The van der Waals surface area contributed by atoms with Gasteiger partial charge in [-0.05, 0) is 25.0 Å². The number of rotatable bonds is 4. The average molecular weight is 285 g/mol. The molecule has 1 unspecified atom stereocenters. The second kappa shape index (κ2) is 5.54. The highest BCUT2D eigenvalue weighted by Gasteiger charge is 2.32. The zero-order valence-electron chi connectivity index (χ0n) is 11.9. The number of morpholine rings is 1. The van der Waals surface area contributed by atoms with Gasteiger partial charge < -0.3 is 10.1 Å². The van der Waals surface area contributed by atoms with Gasteiger partial charge in [0, 0.05) is 38.1 Å². The molecule has 1 saturated heterocycles. The predicted octanol–water partition coefficient (Wildman–Crippen LogP) is 1.30. The quantitative estimate of drug-likeness (QED) is 0.913. The molecule has 6 nitrogen and oxygen atoms in total. The molecule has 0 aromatic carbocycles. The van der Waals surface area contributed by atoms with Gasteiger partial charge in [-0.25, -0.2) is 9.97 Å².